The fourth-order valence-electron chi connectivity index (χ4n) is 4.55. The molecule has 2 aromatic rings. The number of aliphatic carboxylic acids is 1. The summed E-state index contributed by atoms with van der Waals surface area (Å²) in [5.41, 5.74) is 3.79. The van der Waals surface area contributed by atoms with Gasteiger partial charge in [0.05, 0.1) is 5.92 Å². The predicted molar refractivity (Wildman–Crippen MR) is 118 cm³/mol. The number of benzene rings is 2. The third-order valence-electron chi connectivity index (χ3n) is 6.05. The number of hydrogen-bond donors (Lipinski definition) is 2. The summed E-state index contributed by atoms with van der Waals surface area (Å²) in [5.74, 6) is -0.437. The average molecular weight is 409 g/mol. The molecule has 0 radical (unpaired) electrons. The molecule has 3 rings (SSSR count). The lowest BCUT2D eigenvalue weighted by Crippen LogP contribution is -2.45. The first-order valence-electron chi connectivity index (χ1n) is 10.7. The molecule has 1 aliphatic rings. The summed E-state index contributed by atoms with van der Waals surface area (Å²) in [6.45, 7) is 6.61. The number of carboxylic acid groups (broad SMARTS) is 1. The predicted octanol–water partition coefficient (Wildman–Crippen LogP) is 3.48. The van der Waals surface area contributed by atoms with Crippen LogP contribution in [0.2, 0.25) is 0 Å². The van der Waals surface area contributed by atoms with Gasteiger partial charge in [-0.15, -0.1) is 0 Å². The van der Waals surface area contributed by atoms with E-state index in [1.807, 2.05) is 30.3 Å². The highest BCUT2D eigenvalue weighted by Gasteiger charge is 2.30. The van der Waals surface area contributed by atoms with Crippen LogP contribution < -0.4 is 5.32 Å². The Bertz CT molecular complexity index is 852. The van der Waals surface area contributed by atoms with Crippen molar-refractivity contribution in [3.63, 3.8) is 0 Å². The molecule has 5 nitrogen and oxygen atoms in total. The maximum absolute atomic E-state index is 12.7. The summed E-state index contributed by atoms with van der Waals surface area (Å²) >= 11 is 0. The van der Waals surface area contributed by atoms with E-state index in [1.54, 1.807) is 0 Å². The molecular formula is C25H32N2O3. The largest absolute Gasteiger partial charge is 0.480 e. The zero-order chi connectivity index (χ0) is 21.5. The van der Waals surface area contributed by atoms with Crippen LogP contribution in [0.25, 0.3) is 0 Å². The number of nitrogens with zero attached hydrogens (tertiary/aromatic N) is 1. The van der Waals surface area contributed by atoms with Gasteiger partial charge in [0.25, 0.3) is 0 Å². The van der Waals surface area contributed by atoms with Crippen molar-refractivity contribution in [2.75, 3.05) is 26.2 Å². The molecule has 0 aromatic heterocycles. The van der Waals surface area contributed by atoms with Gasteiger partial charge < -0.3 is 15.3 Å². The van der Waals surface area contributed by atoms with E-state index in [1.165, 1.54) is 11.1 Å². The fourth-order valence-corrected chi connectivity index (χ4v) is 4.55. The molecule has 0 saturated carbocycles. The van der Waals surface area contributed by atoms with Gasteiger partial charge in [-0.3, -0.25) is 9.59 Å². The molecule has 0 spiro atoms. The molecular weight excluding hydrogens is 376 g/mol. The van der Waals surface area contributed by atoms with Crippen molar-refractivity contribution in [1.82, 2.24) is 10.2 Å². The number of hydrogen-bond acceptors (Lipinski definition) is 3. The molecule has 2 aromatic carbocycles. The summed E-state index contributed by atoms with van der Waals surface area (Å²) in [6, 6.07) is 18.7. The van der Waals surface area contributed by atoms with E-state index in [9.17, 15) is 9.59 Å². The highest BCUT2D eigenvalue weighted by molar-refractivity contribution is 5.83. The smallest absolute Gasteiger partial charge is 0.322 e. The van der Waals surface area contributed by atoms with Crippen LogP contribution in [-0.4, -0.2) is 48.1 Å². The first-order valence-corrected chi connectivity index (χ1v) is 10.7. The van der Waals surface area contributed by atoms with E-state index in [-0.39, 0.29) is 18.4 Å². The Morgan fingerprint density at radius 2 is 1.93 bits per heavy atom. The molecule has 160 valence electrons. The van der Waals surface area contributed by atoms with Crippen molar-refractivity contribution < 1.29 is 14.7 Å². The lowest BCUT2D eigenvalue weighted by molar-refractivity contribution is -0.138. The number of piperidine rings is 1. The summed E-state index contributed by atoms with van der Waals surface area (Å²) in [4.78, 5) is 26.0. The van der Waals surface area contributed by atoms with Crippen molar-refractivity contribution in [3.8, 4) is 0 Å². The minimum absolute atomic E-state index is 0.185. The first kappa shape index (κ1) is 22.0. The fraction of sp³-hybridized carbons (Fsp3) is 0.440. The quantitative estimate of drug-likeness (QED) is 0.702. The molecule has 1 fully saturated rings. The third kappa shape index (κ3) is 6.17. The van der Waals surface area contributed by atoms with Gasteiger partial charge in [0.2, 0.25) is 5.91 Å². The molecule has 0 bridgehead atoms. The number of aryl methyl sites for hydroxylation is 1. The van der Waals surface area contributed by atoms with E-state index in [0.29, 0.717) is 24.8 Å². The first-order chi connectivity index (χ1) is 14.4. The Morgan fingerprint density at radius 1 is 1.17 bits per heavy atom. The van der Waals surface area contributed by atoms with Crippen molar-refractivity contribution in [1.29, 1.82) is 0 Å². The topological polar surface area (TPSA) is 69.6 Å². The molecule has 2 N–H and O–H groups in total. The molecule has 30 heavy (non-hydrogen) atoms. The van der Waals surface area contributed by atoms with Crippen LogP contribution in [0.15, 0.2) is 54.6 Å². The molecule has 1 amide bonds. The van der Waals surface area contributed by atoms with Crippen LogP contribution in [0.3, 0.4) is 0 Å². The van der Waals surface area contributed by atoms with Crippen LogP contribution in [0, 0.1) is 18.8 Å². The zero-order valence-corrected chi connectivity index (χ0v) is 17.9. The standard InChI is InChI=1S/C25H32N2O3/c1-18-7-6-10-21(13-18)23-11-12-27(16-19(23)2)17-22(25(30)26-15-24(28)29)14-20-8-4-3-5-9-20/h3-10,13,19,22-23H,11-12,14-17H2,1-2H3,(H,26,30)(H,28,29)/t19?,22-,23?/m0/s1. The van der Waals surface area contributed by atoms with Gasteiger partial charge in [-0.2, -0.15) is 0 Å². The van der Waals surface area contributed by atoms with Crippen LogP contribution in [0.1, 0.15) is 36.0 Å². The second-order valence-corrected chi connectivity index (χ2v) is 8.54. The second kappa shape index (κ2) is 10.4. The van der Waals surface area contributed by atoms with E-state index in [0.717, 1.165) is 25.1 Å². The summed E-state index contributed by atoms with van der Waals surface area (Å²) in [7, 11) is 0. The molecule has 1 aliphatic heterocycles. The minimum Gasteiger partial charge on any atom is -0.480 e. The van der Waals surface area contributed by atoms with E-state index in [4.69, 9.17) is 5.11 Å². The molecule has 1 saturated heterocycles. The molecule has 3 atom stereocenters. The van der Waals surface area contributed by atoms with Gasteiger partial charge in [0.1, 0.15) is 6.54 Å². The Balaban J connectivity index is 1.65. The van der Waals surface area contributed by atoms with E-state index < -0.39 is 5.97 Å². The summed E-state index contributed by atoms with van der Waals surface area (Å²) < 4.78 is 0. The van der Waals surface area contributed by atoms with Crippen molar-refractivity contribution in [2.45, 2.75) is 32.6 Å². The van der Waals surface area contributed by atoms with Gasteiger partial charge in [0.15, 0.2) is 0 Å². The molecule has 2 unspecified atom stereocenters. The van der Waals surface area contributed by atoms with Crippen LogP contribution in [0.4, 0.5) is 0 Å². The number of nitrogens with one attached hydrogen (secondary N) is 1. The van der Waals surface area contributed by atoms with E-state index in [2.05, 4.69) is 48.3 Å². The molecule has 1 heterocycles. The molecule has 0 aliphatic carbocycles. The zero-order valence-electron chi connectivity index (χ0n) is 17.9. The summed E-state index contributed by atoms with van der Waals surface area (Å²) in [6.07, 6.45) is 1.68. The van der Waals surface area contributed by atoms with Gasteiger partial charge in [-0.25, -0.2) is 0 Å². The normalized spacial score (nSPS) is 20.5. The maximum atomic E-state index is 12.7. The number of amides is 1. The highest BCUT2D eigenvalue weighted by atomic mass is 16.4. The van der Waals surface area contributed by atoms with Crippen molar-refractivity contribution in [3.05, 3.63) is 71.3 Å². The highest BCUT2D eigenvalue weighted by Crippen LogP contribution is 2.33. The van der Waals surface area contributed by atoms with Crippen molar-refractivity contribution in [2.24, 2.45) is 11.8 Å². The summed E-state index contributed by atoms with van der Waals surface area (Å²) in [5, 5.41) is 11.5. The second-order valence-electron chi connectivity index (χ2n) is 8.54. The lowest BCUT2D eigenvalue weighted by Gasteiger charge is -2.38. The number of rotatable bonds is 8. The number of carbonyl (C=O) groups is 2. The maximum Gasteiger partial charge on any atom is 0.322 e. The van der Waals surface area contributed by atoms with Gasteiger partial charge >= 0.3 is 5.97 Å². The molecule has 5 heteroatoms. The van der Waals surface area contributed by atoms with Crippen LogP contribution in [-0.2, 0) is 16.0 Å². The third-order valence-corrected chi connectivity index (χ3v) is 6.05. The number of carboxylic acids is 1. The van der Waals surface area contributed by atoms with E-state index >= 15 is 0 Å². The number of carbonyl (C=O) groups excluding carboxylic acids is 1. The Morgan fingerprint density at radius 3 is 2.60 bits per heavy atom. The Kier molecular flexibility index (Phi) is 7.63. The lowest BCUT2D eigenvalue weighted by atomic mass is 9.81. The average Bonchev–Trinajstić information content (AvgIpc) is 2.72. The number of likely N-dealkylation sites (tertiary alicyclic amines) is 1. The van der Waals surface area contributed by atoms with Gasteiger partial charge in [-0.05, 0) is 49.3 Å². The SMILES string of the molecule is Cc1cccc(C2CCN(C[C@H](Cc3ccccc3)C(=O)NCC(=O)O)CC2C)c1. The monoisotopic (exact) mass is 408 g/mol. The Hall–Kier alpha value is -2.66. The Labute approximate surface area is 179 Å². The van der Waals surface area contributed by atoms with Crippen LogP contribution >= 0.6 is 0 Å². The van der Waals surface area contributed by atoms with Crippen LogP contribution in [0.5, 0.6) is 0 Å². The van der Waals surface area contributed by atoms with Gasteiger partial charge in [0, 0.05) is 13.1 Å². The minimum atomic E-state index is -1.02. The van der Waals surface area contributed by atoms with Gasteiger partial charge in [-0.1, -0.05) is 67.1 Å². The van der Waals surface area contributed by atoms with Crippen molar-refractivity contribution >= 4 is 11.9 Å².